The van der Waals surface area contributed by atoms with Crippen LogP contribution in [0.3, 0.4) is 0 Å². The maximum Gasteiger partial charge on any atom is 0.416 e. The molecular formula is C18H18F3N3O2. The lowest BCUT2D eigenvalue weighted by atomic mass is 10.1. The van der Waals surface area contributed by atoms with Gasteiger partial charge in [-0.05, 0) is 29.8 Å². The van der Waals surface area contributed by atoms with Gasteiger partial charge in [0, 0.05) is 18.2 Å². The smallest absolute Gasteiger partial charge is 0.416 e. The van der Waals surface area contributed by atoms with Crippen LogP contribution in [0.2, 0.25) is 0 Å². The Morgan fingerprint density at radius 3 is 2.62 bits per heavy atom. The molecule has 0 amide bonds. The van der Waals surface area contributed by atoms with Crippen molar-refractivity contribution in [1.82, 2.24) is 0 Å². The summed E-state index contributed by atoms with van der Waals surface area (Å²) in [4.78, 5) is 4.09. The number of benzene rings is 2. The highest BCUT2D eigenvalue weighted by atomic mass is 19.4. The highest BCUT2D eigenvalue weighted by Crippen LogP contribution is 2.32. The molecule has 1 aliphatic heterocycles. The first kappa shape index (κ1) is 17.9. The zero-order valence-electron chi connectivity index (χ0n) is 13.8. The van der Waals surface area contributed by atoms with E-state index in [0.29, 0.717) is 36.0 Å². The molecule has 0 aliphatic carbocycles. The Morgan fingerprint density at radius 2 is 1.85 bits per heavy atom. The van der Waals surface area contributed by atoms with Gasteiger partial charge in [0.1, 0.15) is 0 Å². The third-order valence-corrected chi connectivity index (χ3v) is 3.71. The quantitative estimate of drug-likeness (QED) is 0.641. The minimum atomic E-state index is -4.38. The van der Waals surface area contributed by atoms with E-state index in [9.17, 15) is 13.2 Å². The van der Waals surface area contributed by atoms with Crippen LogP contribution < -0.4 is 20.5 Å². The first-order chi connectivity index (χ1) is 12.4. The van der Waals surface area contributed by atoms with E-state index in [1.807, 2.05) is 0 Å². The number of nitrogens with zero attached hydrogens (tertiary/aromatic N) is 1. The minimum absolute atomic E-state index is 0.0350. The van der Waals surface area contributed by atoms with Gasteiger partial charge in [-0.3, -0.25) is 0 Å². The predicted molar refractivity (Wildman–Crippen MR) is 92.4 cm³/mol. The number of hydrogen-bond acceptors (Lipinski definition) is 3. The van der Waals surface area contributed by atoms with Gasteiger partial charge < -0.3 is 20.5 Å². The molecule has 138 valence electrons. The Morgan fingerprint density at radius 1 is 1.08 bits per heavy atom. The zero-order valence-corrected chi connectivity index (χ0v) is 13.8. The Balaban J connectivity index is 1.67. The zero-order chi connectivity index (χ0) is 18.6. The molecule has 1 heterocycles. The van der Waals surface area contributed by atoms with Crippen molar-refractivity contribution in [2.75, 3.05) is 18.5 Å². The fraction of sp³-hybridized carbons (Fsp3) is 0.278. The number of halogens is 3. The second-order valence-electron chi connectivity index (χ2n) is 5.74. The highest BCUT2D eigenvalue weighted by molar-refractivity contribution is 5.92. The Bertz CT molecular complexity index is 807. The van der Waals surface area contributed by atoms with Gasteiger partial charge in [0.2, 0.25) is 0 Å². The molecule has 0 aromatic heterocycles. The van der Waals surface area contributed by atoms with Gasteiger partial charge in [0.15, 0.2) is 17.5 Å². The number of ether oxygens (including phenoxy) is 2. The molecule has 0 bridgehead atoms. The average molecular weight is 365 g/mol. The maximum absolute atomic E-state index is 12.7. The monoisotopic (exact) mass is 365 g/mol. The van der Waals surface area contributed by atoms with E-state index in [0.717, 1.165) is 18.6 Å². The first-order valence-electron chi connectivity index (χ1n) is 8.04. The average Bonchev–Trinajstić information content (AvgIpc) is 2.84. The molecule has 0 fully saturated rings. The number of hydrogen-bond donors (Lipinski definition) is 2. The van der Waals surface area contributed by atoms with Crippen molar-refractivity contribution in [3.63, 3.8) is 0 Å². The third kappa shape index (κ3) is 4.59. The van der Waals surface area contributed by atoms with Crippen molar-refractivity contribution in [2.45, 2.75) is 19.1 Å². The summed E-state index contributed by atoms with van der Waals surface area (Å²) in [7, 11) is 0. The summed E-state index contributed by atoms with van der Waals surface area (Å²) >= 11 is 0. The second-order valence-corrected chi connectivity index (χ2v) is 5.74. The van der Waals surface area contributed by atoms with Crippen LogP contribution in [0.15, 0.2) is 47.5 Å². The van der Waals surface area contributed by atoms with Crippen LogP contribution in [-0.4, -0.2) is 19.2 Å². The molecule has 0 spiro atoms. The molecule has 0 atom stereocenters. The van der Waals surface area contributed by atoms with E-state index in [2.05, 4.69) is 10.3 Å². The molecule has 0 saturated carbocycles. The second kappa shape index (κ2) is 7.55. The number of guanidine groups is 1. The summed E-state index contributed by atoms with van der Waals surface area (Å²) in [6, 6.07) is 10.3. The number of nitrogens with two attached hydrogens (primary N) is 1. The van der Waals surface area contributed by atoms with E-state index in [1.54, 1.807) is 24.3 Å². The van der Waals surface area contributed by atoms with Gasteiger partial charge in [0.25, 0.3) is 0 Å². The summed E-state index contributed by atoms with van der Waals surface area (Å²) in [6.07, 6.45) is -3.58. The number of alkyl halides is 3. The van der Waals surface area contributed by atoms with Crippen LogP contribution in [0, 0.1) is 0 Å². The summed E-state index contributed by atoms with van der Waals surface area (Å²) in [6.45, 7) is 1.20. The van der Waals surface area contributed by atoms with Gasteiger partial charge in [0.05, 0.1) is 25.3 Å². The molecule has 2 aromatic carbocycles. The van der Waals surface area contributed by atoms with E-state index in [1.165, 1.54) is 6.07 Å². The lowest BCUT2D eigenvalue weighted by molar-refractivity contribution is -0.137. The first-order valence-corrected chi connectivity index (χ1v) is 8.04. The number of rotatable bonds is 3. The van der Waals surface area contributed by atoms with Crippen LogP contribution in [-0.2, 0) is 12.7 Å². The fourth-order valence-corrected chi connectivity index (χ4v) is 2.45. The summed E-state index contributed by atoms with van der Waals surface area (Å²) in [5.41, 5.74) is 6.19. The Labute approximate surface area is 148 Å². The van der Waals surface area contributed by atoms with E-state index in [-0.39, 0.29) is 12.5 Å². The summed E-state index contributed by atoms with van der Waals surface area (Å²) < 4.78 is 49.3. The topological polar surface area (TPSA) is 68.9 Å². The van der Waals surface area contributed by atoms with Gasteiger partial charge >= 0.3 is 6.18 Å². The molecule has 8 heteroatoms. The Hall–Kier alpha value is -2.90. The highest BCUT2D eigenvalue weighted by Gasteiger charge is 2.30. The van der Waals surface area contributed by atoms with Gasteiger partial charge in [-0.25, -0.2) is 4.99 Å². The van der Waals surface area contributed by atoms with Crippen LogP contribution in [0.5, 0.6) is 11.5 Å². The van der Waals surface area contributed by atoms with E-state index >= 15 is 0 Å². The standard InChI is InChI=1S/C18H18F3N3O2/c19-18(20,21)13-4-1-3-12(9-13)11-23-17(22)24-14-5-6-15-16(10-14)26-8-2-7-25-15/h1,3-6,9-10H,2,7-8,11H2,(H3,22,23,24). The van der Waals surface area contributed by atoms with Crippen molar-refractivity contribution in [3.05, 3.63) is 53.6 Å². The predicted octanol–water partition coefficient (Wildman–Crippen LogP) is 3.79. The van der Waals surface area contributed by atoms with Crippen molar-refractivity contribution in [2.24, 2.45) is 10.7 Å². The molecular weight excluding hydrogens is 347 g/mol. The largest absolute Gasteiger partial charge is 0.490 e. The van der Waals surface area contributed by atoms with Crippen LogP contribution in [0.4, 0.5) is 18.9 Å². The molecule has 0 radical (unpaired) electrons. The SMILES string of the molecule is NC(=NCc1cccc(C(F)(F)F)c1)Nc1ccc2c(c1)OCCCO2. The van der Waals surface area contributed by atoms with Crippen molar-refractivity contribution in [1.29, 1.82) is 0 Å². The summed E-state index contributed by atoms with van der Waals surface area (Å²) in [5, 5.41) is 2.90. The summed E-state index contributed by atoms with van der Waals surface area (Å²) in [5.74, 6) is 1.36. The van der Waals surface area contributed by atoms with E-state index in [4.69, 9.17) is 15.2 Å². The van der Waals surface area contributed by atoms with Gasteiger partial charge in [-0.2, -0.15) is 13.2 Å². The number of fused-ring (bicyclic) bond motifs is 1. The van der Waals surface area contributed by atoms with Crippen molar-refractivity contribution >= 4 is 11.6 Å². The van der Waals surface area contributed by atoms with E-state index < -0.39 is 11.7 Å². The van der Waals surface area contributed by atoms with Crippen molar-refractivity contribution in [3.8, 4) is 11.5 Å². The van der Waals surface area contributed by atoms with Crippen LogP contribution in [0.25, 0.3) is 0 Å². The molecule has 0 saturated heterocycles. The van der Waals surface area contributed by atoms with Crippen molar-refractivity contribution < 1.29 is 22.6 Å². The number of anilines is 1. The molecule has 0 unspecified atom stereocenters. The molecule has 5 nitrogen and oxygen atoms in total. The lowest BCUT2D eigenvalue weighted by Gasteiger charge is -2.11. The number of aliphatic imine (C=N–C) groups is 1. The maximum atomic E-state index is 12.7. The molecule has 1 aliphatic rings. The molecule has 3 rings (SSSR count). The Kier molecular flexibility index (Phi) is 5.20. The molecule has 26 heavy (non-hydrogen) atoms. The fourth-order valence-electron chi connectivity index (χ4n) is 2.45. The van der Waals surface area contributed by atoms with Crippen LogP contribution >= 0.6 is 0 Å². The number of nitrogens with one attached hydrogen (secondary N) is 1. The minimum Gasteiger partial charge on any atom is -0.490 e. The third-order valence-electron chi connectivity index (χ3n) is 3.71. The molecule has 3 N–H and O–H groups in total. The van der Waals surface area contributed by atoms with Crippen LogP contribution in [0.1, 0.15) is 17.5 Å². The van der Waals surface area contributed by atoms with Gasteiger partial charge in [-0.15, -0.1) is 0 Å². The van der Waals surface area contributed by atoms with Gasteiger partial charge in [-0.1, -0.05) is 12.1 Å². The lowest BCUT2D eigenvalue weighted by Crippen LogP contribution is -2.22. The molecule has 2 aromatic rings. The normalized spacial score (nSPS) is 14.7.